The molecule has 4 heteroatoms. The fraction of sp³-hybridized carbons (Fsp3) is 0.333. The molecule has 1 atom stereocenters. The zero-order valence-electron chi connectivity index (χ0n) is 10.8. The fourth-order valence-corrected chi connectivity index (χ4v) is 2.50. The second-order valence-electron chi connectivity index (χ2n) is 5.09. The summed E-state index contributed by atoms with van der Waals surface area (Å²) in [5, 5.41) is 4.93. The van der Waals surface area contributed by atoms with Gasteiger partial charge in [0, 0.05) is 11.2 Å². The molecule has 2 aromatic rings. The van der Waals surface area contributed by atoms with Crippen molar-refractivity contribution in [2.24, 2.45) is 11.8 Å². The molecular formula is C15H16ClN3. The Labute approximate surface area is 117 Å². The van der Waals surface area contributed by atoms with Gasteiger partial charge < -0.3 is 0 Å². The van der Waals surface area contributed by atoms with Crippen LogP contribution in [0.5, 0.6) is 0 Å². The van der Waals surface area contributed by atoms with Gasteiger partial charge in [-0.3, -0.25) is 0 Å². The molecule has 0 spiro atoms. The molecule has 0 bridgehead atoms. The molecule has 1 unspecified atom stereocenters. The van der Waals surface area contributed by atoms with E-state index in [1.54, 1.807) is 17.3 Å². The van der Waals surface area contributed by atoms with Gasteiger partial charge in [0.2, 0.25) is 0 Å². The number of aromatic nitrogens is 3. The highest BCUT2D eigenvalue weighted by atomic mass is 35.5. The summed E-state index contributed by atoms with van der Waals surface area (Å²) < 4.78 is 1.77. The van der Waals surface area contributed by atoms with E-state index in [0.717, 1.165) is 10.9 Å². The SMILES string of the molecule is CC(/C(=C/n1cncn1)c1ccc(Cl)cc1)C1CC1. The lowest BCUT2D eigenvalue weighted by Crippen LogP contribution is -2.03. The topological polar surface area (TPSA) is 30.7 Å². The van der Waals surface area contributed by atoms with Crippen molar-refractivity contribution in [2.75, 3.05) is 0 Å². The van der Waals surface area contributed by atoms with Gasteiger partial charge in [0.1, 0.15) is 12.7 Å². The molecule has 1 aromatic carbocycles. The quantitative estimate of drug-likeness (QED) is 0.844. The molecule has 19 heavy (non-hydrogen) atoms. The first-order chi connectivity index (χ1) is 9.24. The number of nitrogens with zero attached hydrogens (tertiary/aromatic N) is 3. The third-order valence-electron chi connectivity index (χ3n) is 3.71. The average Bonchev–Trinajstić information content (AvgIpc) is 3.14. The molecule has 3 rings (SSSR count). The summed E-state index contributed by atoms with van der Waals surface area (Å²) in [5.74, 6) is 1.33. The lowest BCUT2D eigenvalue weighted by Gasteiger charge is -2.16. The number of benzene rings is 1. The van der Waals surface area contributed by atoms with Crippen LogP contribution in [0.25, 0.3) is 11.8 Å². The zero-order chi connectivity index (χ0) is 13.2. The van der Waals surface area contributed by atoms with Gasteiger partial charge in [0.05, 0.1) is 0 Å². The minimum atomic E-state index is 0.533. The number of allylic oxidation sites excluding steroid dienone is 1. The van der Waals surface area contributed by atoms with Gasteiger partial charge in [-0.1, -0.05) is 30.7 Å². The summed E-state index contributed by atoms with van der Waals surface area (Å²) in [6, 6.07) is 8.02. The van der Waals surface area contributed by atoms with E-state index in [0.29, 0.717) is 5.92 Å². The lowest BCUT2D eigenvalue weighted by atomic mass is 9.91. The molecule has 0 saturated heterocycles. The van der Waals surface area contributed by atoms with E-state index in [9.17, 15) is 0 Å². The Morgan fingerprint density at radius 1 is 1.37 bits per heavy atom. The molecule has 0 aliphatic heterocycles. The van der Waals surface area contributed by atoms with Gasteiger partial charge in [0.15, 0.2) is 0 Å². The van der Waals surface area contributed by atoms with E-state index in [2.05, 4.69) is 35.3 Å². The molecule has 1 heterocycles. The number of hydrogen-bond donors (Lipinski definition) is 0. The first-order valence-electron chi connectivity index (χ1n) is 6.56. The predicted molar refractivity (Wildman–Crippen MR) is 77.5 cm³/mol. The minimum Gasteiger partial charge on any atom is -0.228 e. The monoisotopic (exact) mass is 273 g/mol. The average molecular weight is 274 g/mol. The summed E-state index contributed by atoms with van der Waals surface area (Å²) in [7, 11) is 0. The molecule has 1 fully saturated rings. The van der Waals surface area contributed by atoms with Crippen molar-refractivity contribution in [3.8, 4) is 0 Å². The van der Waals surface area contributed by atoms with Gasteiger partial charge in [0.25, 0.3) is 0 Å². The Morgan fingerprint density at radius 3 is 2.68 bits per heavy atom. The molecule has 1 aromatic heterocycles. The fourth-order valence-electron chi connectivity index (χ4n) is 2.37. The maximum absolute atomic E-state index is 5.97. The normalized spacial score (nSPS) is 17.5. The highest BCUT2D eigenvalue weighted by molar-refractivity contribution is 6.30. The summed E-state index contributed by atoms with van der Waals surface area (Å²) in [6.07, 6.45) is 7.99. The van der Waals surface area contributed by atoms with Crippen molar-refractivity contribution < 1.29 is 0 Å². The highest BCUT2D eigenvalue weighted by Gasteiger charge is 2.30. The van der Waals surface area contributed by atoms with Crippen molar-refractivity contribution in [1.29, 1.82) is 0 Å². The van der Waals surface area contributed by atoms with Gasteiger partial charge in [-0.05, 0) is 47.9 Å². The Hall–Kier alpha value is -1.61. The first kappa shape index (κ1) is 12.4. The Balaban J connectivity index is 1.98. The maximum Gasteiger partial charge on any atom is 0.138 e. The first-order valence-corrected chi connectivity index (χ1v) is 6.93. The summed E-state index contributed by atoms with van der Waals surface area (Å²) >= 11 is 5.97. The van der Waals surface area contributed by atoms with Gasteiger partial charge >= 0.3 is 0 Å². The van der Waals surface area contributed by atoms with Crippen molar-refractivity contribution in [1.82, 2.24) is 14.8 Å². The van der Waals surface area contributed by atoms with Crippen LogP contribution in [-0.4, -0.2) is 14.8 Å². The molecule has 0 amide bonds. The second-order valence-corrected chi connectivity index (χ2v) is 5.53. The van der Waals surface area contributed by atoms with Crippen LogP contribution in [-0.2, 0) is 0 Å². The summed E-state index contributed by atoms with van der Waals surface area (Å²) in [5.41, 5.74) is 2.50. The van der Waals surface area contributed by atoms with Crippen LogP contribution in [0.4, 0.5) is 0 Å². The van der Waals surface area contributed by atoms with Crippen molar-refractivity contribution in [3.05, 3.63) is 47.5 Å². The highest BCUT2D eigenvalue weighted by Crippen LogP contribution is 2.43. The van der Waals surface area contributed by atoms with Gasteiger partial charge in [-0.25, -0.2) is 9.67 Å². The van der Waals surface area contributed by atoms with Crippen LogP contribution < -0.4 is 0 Å². The molecular weight excluding hydrogens is 258 g/mol. The van der Waals surface area contributed by atoms with Crippen molar-refractivity contribution >= 4 is 23.4 Å². The lowest BCUT2D eigenvalue weighted by molar-refractivity contribution is 0.646. The van der Waals surface area contributed by atoms with Gasteiger partial charge in [-0.15, -0.1) is 0 Å². The van der Waals surface area contributed by atoms with E-state index in [1.807, 2.05) is 12.1 Å². The van der Waals surface area contributed by atoms with E-state index >= 15 is 0 Å². The number of halogens is 1. The molecule has 1 saturated carbocycles. The predicted octanol–water partition coefficient (Wildman–Crippen LogP) is 3.98. The molecule has 0 N–H and O–H groups in total. The number of rotatable bonds is 4. The largest absolute Gasteiger partial charge is 0.228 e. The van der Waals surface area contributed by atoms with Crippen LogP contribution in [0.2, 0.25) is 5.02 Å². The third-order valence-corrected chi connectivity index (χ3v) is 3.96. The van der Waals surface area contributed by atoms with Gasteiger partial charge in [-0.2, -0.15) is 5.10 Å². The van der Waals surface area contributed by atoms with E-state index in [-0.39, 0.29) is 0 Å². The Kier molecular flexibility index (Phi) is 3.38. The third kappa shape index (κ3) is 2.87. The van der Waals surface area contributed by atoms with Crippen LogP contribution >= 0.6 is 11.6 Å². The van der Waals surface area contributed by atoms with Crippen molar-refractivity contribution in [3.63, 3.8) is 0 Å². The zero-order valence-corrected chi connectivity index (χ0v) is 11.6. The Morgan fingerprint density at radius 2 is 2.11 bits per heavy atom. The van der Waals surface area contributed by atoms with E-state index < -0.39 is 0 Å². The van der Waals surface area contributed by atoms with Crippen LogP contribution in [0, 0.1) is 11.8 Å². The summed E-state index contributed by atoms with van der Waals surface area (Å²) in [4.78, 5) is 3.99. The molecule has 0 radical (unpaired) electrons. The van der Waals surface area contributed by atoms with Crippen molar-refractivity contribution in [2.45, 2.75) is 19.8 Å². The van der Waals surface area contributed by atoms with Crippen LogP contribution in [0.3, 0.4) is 0 Å². The van der Waals surface area contributed by atoms with E-state index in [4.69, 9.17) is 11.6 Å². The minimum absolute atomic E-state index is 0.533. The molecule has 3 nitrogen and oxygen atoms in total. The summed E-state index contributed by atoms with van der Waals surface area (Å²) in [6.45, 7) is 2.29. The van der Waals surface area contributed by atoms with Crippen LogP contribution in [0.1, 0.15) is 25.3 Å². The Bertz CT molecular complexity index is 568. The molecule has 98 valence electrons. The maximum atomic E-state index is 5.97. The standard InChI is InChI=1S/C15H16ClN3/c1-11(12-2-3-12)15(8-19-10-17-9-18-19)13-4-6-14(16)7-5-13/h4-12H,2-3H2,1H3/b15-8-. The van der Waals surface area contributed by atoms with Crippen LogP contribution in [0.15, 0.2) is 36.9 Å². The molecule has 1 aliphatic carbocycles. The molecule has 1 aliphatic rings. The van der Waals surface area contributed by atoms with E-state index in [1.165, 1.54) is 24.0 Å². The second kappa shape index (κ2) is 5.17. The number of hydrogen-bond acceptors (Lipinski definition) is 2. The smallest absolute Gasteiger partial charge is 0.138 e.